The molecule has 0 saturated heterocycles. The minimum absolute atomic E-state index is 0.330. The fourth-order valence-corrected chi connectivity index (χ4v) is 1.08. The van der Waals surface area contributed by atoms with E-state index < -0.39 is 5.60 Å². The molecule has 0 heterocycles. The van der Waals surface area contributed by atoms with Crippen LogP contribution in [0.1, 0.15) is 20.8 Å². The van der Waals surface area contributed by atoms with E-state index >= 15 is 0 Å². The first-order valence-electron chi connectivity index (χ1n) is 5.11. The van der Waals surface area contributed by atoms with Gasteiger partial charge in [-0.1, -0.05) is 12.7 Å². The zero-order valence-electron chi connectivity index (χ0n) is 10.3. The Kier molecular flexibility index (Phi) is 6.19. The van der Waals surface area contributed by atoms with E-state index in [4.69, 9.17) is 16.3 Å². The van der Waals surface area contributed by atoms with Crippen LogP contribution in [0, 0.1) is 0 Å². The molecule has 0 bridgehead atoms. The molecule has 0 aromatic carbocycles. The van der Waals surface area contributed by atoms with Crippen LogP contribution in [0.25, 0.3) is 0 Å². The normalized spacial score (nSPS) is 10.8. The molecule has 0 atom stereocenters. The van der Waals surface area contributed by atoms with Crippen molar-refractivity contribution in [3.63, 3.8) is 0 Å². The Morgan fingerprint density at radius 3 is 2.44 bits per heavy atom. The summed E-state index contributed by atoms with van der Waals surface area (Å²) >= 11 is 5.63. The smallest absolute Gasteiger partial charge is 0.410 e. The molecule has 0 aliphatic rings. The molecule has 0 aromatic rings. The third kappa shape index (κ3) is 6.51. The summed E-state index contributed by atoms with van der Waals surface area (Å²) in [6, 6.07) is 0. The summed E-state index contributed by atoms with van der Waals surface area (Å²) in [4.78, 5) is 13.3. The maximum atomic E-state index is 11.8. The molecule has 0 aliphatic heterocycles. The molecule has 1 amide bonds. The highest BCUT2D eigenvalue weighted by atomic mass is 35.5. The number of carbonyl (C=O) groups is 1. The van der Waals surface area contributed by atoms with Gasteiger partial charge in [-0.25, -0.2) is 4.79 Å². The minimum atomic E-state index is -0.501. The largest absolute Gasteiger partial charge is 0.444 e. The Labute approximate surface area is 103 Å². The van der Waals surface area contributed by atoms with Gasteiger partial charge in [0.25, 0.3) is 0 Å². The van der Waals surface area contributed by atoms with Gasteiger partial charge in [0.1, 0.15) is 5.60 Å². The number of hydrogen-bond donors (Lipinski definition) is 0. The van der Waals surface area contributed by atoms with Crippen molar-refractivity contribution in [1.82, 2.24) is 4.90 Å². The van der Waals surface area contributed by atoms with Crippen LogP contribution in [-0.4, -0.2) is 35.6 Å². The Hall–Kier alpha value is -0.960. The van der Waals surface area contributed by atoms with Gasteiger partial charge in [-0.15, -0.1) is 18.2 Å². The summed E-state index contributed by atoms with van der Waals surface area (Å²) < 4.78 is 5.25. The van der Waals surface area contributed by atoms with Crippen molar-refractivity contribution in [3.8, 4) is 0 Å². The van der Waals surface area contributed by atoms with Crippen molar-refractivity contribution in [2.24, 2.45) is 0 Å². The molecule has 92 valence electrons. The highest BCUT2D eigenvalue weighted by molar-refractivity contribution is 6.19. The zero-order valence-corrected chi connectivity index (χ0v) is 11.0. The van der Waals surface area contributed by atoms with Gasteiger partial charge in [-0.3, -0.25) is 0 Å². The Morgan fingerprint density at radius 1 is 1.50 bits per heavy atom. The Bertz CT molecular complexity index is 269. The third-order valence-corrected chi connectivity index (χ3v) is 1.98. The van der Waals surface area contributed by atoms with Gasteiger partial charge in [0.2, 0.25) is 0 Å². The van der Waals surface area contributed by atoms with E-state index in [0.29, 0.717) is 19.0 Å². The average molecular weight is 246 g/mol. The lowest BCUT2D eigenvalue weighted by Crippen LogP contribution is -2.38. The molecule has 16 heavy (non-hydrogen) atoms. The summed E-state index contributed by atoms with van der Waals surface area (Å²) in [5.74, 6) is 0.330. The second-order valence-electron chi connectivity index (χ2n) is 4.53. The molecular formula is C12H20ClNO2. The van der Waals surface area contributed by atoms with Crippen molar-refractivity contribution in [2.75, 3.05) is 19.0 Å². The van der Waals surface area contributed by atoms with Crippen molar-refractivity contribution in [3.05, 3.63) is 24.8 Å². The van der Waals surface area contributed by atoms with E-state index in [2.05, 4.69) is 13.2 Å². The SMILES string of the molecule is C=CCN(CC(=C)CCl)C(=O)OC(C)(C)C. The van der Waals surface area contributed by atoms with Crippen LogP contribution < -0.4 is 0 Å². The van der Waals surface area contributed by atoms with Gasteiger partial charge in [0, 0.05) is 19.0 Å². The van der Waals surface area contributed by atoms with Crippen molar-refractivity contribution in [1.29, 1.82) is 0 Å². The fraction of sp³-hybridized carbons (Fsp3) is 0.583. The third-order valence-electron chi connectivity index (χ3n) is 1.60. The number of hydrogen-bond acceptors (Lipinski definition) is 2. The first-order valence-corrected chi connectivity index (χ1v) is 5.65. The van der Waals surface area contributed by atoms with Crippen LogP contribution in [0.5, 0.6) is 0 Å². The van der Waals surface area contributed by atoms with Gasteiger partial charge in [0.05, 0.1) is 0 Å². The monoisotopic (exact) mass is 245 g/mol. The molecule has 0 unspecified atom stereocenters. The number of nitrogens with zero attached hydrogens (tertiary/aromatic N) is 1. The first-order chi connectivity index (χ1) is 7.30. The number of amides is 1. The van der Waals surface area contributed by atoms with Crippen LogP contribution in [0.15, 0.2) is 24.8 Å². The number of carbonyl (C=O) groups excluding carboxylic acids is 1. The fourth-order valence-electron chi connectivity index (χ4n) is 0.998. The van der Waals surface area contributed by atoms with Crippen molar-refractivity contribution >= 4 is 17.7 Å². The molecule has 4 heteroatoms. The minimum Gasteiger partial charge on any atom is -0.444 e. The Balaban J connectivity index is 4.46. The topological polar surface area (TPSA) is 29.5 Å². The predicted molar refractivity (Wildman–Crippen MR) is 67.9 cm³/mol. The molecule has 0 aliphatic carbocycles. The predicted octanol–water partition coefficient (Wildman–Crippen LogP) is 3.20. The van der Waals surface area contributed by atoms with Crippen molar-refractivity contribution < 1.29 is 9.53 Å². The van der Waals surface area contributed by atoms with Crippen LogP contribution >= 0.6 is 11.6 Å². The van der Waals surface area contributed by atoms with Crippen LogP contribution in [0.3, 0.4) is 0 Å². The highest BCUT2D eigenvalue weighted by Crippen LogP contribution is 2.11. The van der Waals surface area contributed by atoms with Gasteiger partial charge in [-0.2, -0.15) is 0 Å². The Morgan fingerprint density at radius 2 is 2.06 bits per heavy atom. The van der Waals surface area contributed by atoms with Gasteiger partial charge >= 0.3 is 6.09 Å². The molecule has 0 saturated carbocycles. The summed E-state index contributed by atoms with van der Waals surface area (Å²) in [6.45, 7) is 13.7. The number of halogens is 1. The van der Waals surface area contributed by atoms with Gasteiger partial charge < -0.3 is 9.64 Å². The molecule has 3 nitrogen and oxygen atoms in total. The van der Waals surface area contributed by atoms with E-state index in [9.17, 15) is 4.79 Å². The lowest BCUT2D eigenvalue weighted by molar-refractivity contribution is 0.0288. The average Bonchev–Trinajstić information content (AvgIpc) is 2.14. The van der Waals surface area contributed by atoms with Crippen LogP contribution in [0.4, 0.5) is 4.79 Å². The second kappa shape index (κ2) is 6.59. The number of rotatable bonds is 5. The summed E-state index contributed by atoms with van der Waals surface area (Å²) in [6.07, 6.45) is 1.27. The van der Waals surface area contributed by atoms with E-state index in [-0.39, 0.29) is 6.09 Å². The molecule has 0 radical (unpaired) electrons. The van der Waals surface area contributed by atoms with Crippen LogP contribution in [-0.2, 0) is 4.74 Å². The van der Waals surface area contributed by atoms with Gasteiger partial charge in [-0.05, 0) is 26.3 Å². The summed E-state index contributed by atoms with van der Waals surface area (Å²) in [5, 5.41) is 0. The summed E-state index contributed by atoms with van der Waals surface area (Å²) in [7, 11) is 0. The van der Waals surface area contributed by atoms with Gasteiger partial charge in [0.15, 0.2) is 0 Å². The molecule has 0 rings (SSSR count). The second-order valence-corrected chi connectivity index (χ2v) is 4.80. The lowest BCUT2D eigenvalue weighted by Gasteiger charge is -2.26. The maximum Gasteiger partial charge on any atom is 0.410 e. The molecule has 0 N–H and O–H groups in total. The van der Waals surface area contributed by atoms with E-state index in [1.165, 1.54) is 4.90 Å². The van der Waals surface area contributed by atoms with Crippen LogP contribution in [0.2, 0.25) is 0 Å². The molecular weight excluding hydrogens is 226 g/mol. The standard InChI is InChI=1S/C12H20ClNO2/c1-6-7-14(9-10(2)8-13)11(15)16-12(3,4)5/h6H,1-2,7-9H2,3-5H3. The molecule has 0 aromatic heterocycles. The summed E-state index contributed by atoms with van der Waals surface area (Å²) in [5.41, 5.74) is 0.271. The van der Waals surface area contributed by atoms with Crippen molar-refractivity contribution in [2.45, 2.75) is 26.4 Å². The number of alkyl halides is 1. The lowest BCUT2D eigenvalue weighted by atomic mass is 10.2. The van der Waals surface area contributed by atoms with E-state index in [0.717, 1.165) is 5.57 Å². The first kappa shape index (κ1) is 15.0. The van der Waals surface area contributed by atoms with E-state index in [1.54, 1.807) is 6.08 Å². The molecule has 0 fully saturated rings. The van der Waals surface area contributed by atoms with E-state index in [1.807, 2.05) is 20.8 Å². The number of ether oxygens (including phenoxy) is 1. The maximum absolute atomic E-state index is 11.8. The quantitative estimate of drug-likeness (QED) is 0.550. The molecule has 0 spiro atoms. The zero-order chi connectivity index (χ0) is 12.8. The highest BCUT2D eigenvalue weighted by Gasteiger charge is 2.21.